The van der Waals surface area contributed by atoms with E-state index in [1.807, 2.05) is 0 Å². The number of carbonyl (C=O) groups excluding carboxylic acids is 2. The molecule has 0 atom stereocenters. The second-order valence-corrected chi connectivity index (χ2v) is 6.03. The molecule has 0 radical (unpaired) electrons. The SMILES string of the molecule is NCc1ccc(S(=O)(=O)N2CC(=O)NC(=O)C2)cc1. The summed E-state index contributed by atoms with van der Waals surface area (Å²) >= 11 is 0. The molecular weight excluding hydrogens is 270 g/mol. The molecule has 1 heterocycles. The molecule has 0 bridgehead atoms. The highest BCUT2D eigenvalue weighted by atomic mass is 32.2. The van der Waals surface area contributed by atoms with E-state index in [0.717, 1.165) is 9.87 Å². The van der Waals surface area contributed by atoms with Gasteiger partial charge in [-0.3, -0.25) is 14.9 Å². The van der Waals surface area contributed by atoms with E-state index in [4.69, 9.17) is 5.73 Å². The summed E-state index contributed by atoms with van der Waals surface area (Å²) in [6.45, 7) is -0.398. The average molecular weight is 283 g/mol. The molecule has 0 saturated carbocycles. The quantitative estimate of drug-likeness (QED) is 0.677. The van der Waals surface area contributed by atoms with Gasteiger partial charge in [-0.1, -0.05) is 12.1 Å². The van der Waals surface area contributed by atoms with Gasteiger partial charge in [0.1, 0.15) is 0 Å². The van der Waals surface area contributed by atoms with Crippen LogP contribution in [0.5, 0.6) is 0 Å². The Morgan fingerprint density at radius 2 is 1.63 bits per heavy atom. The van der Waals surface area contributed by atoms with E-state index in [-0.39, 0.29) is 18.0 Å². The zero-order chi connectivity index (χ0) is 14.0. The highest BCUT2D eigenvalue weighted by Crippen LogP contribution is 2.17. The number of rotatable bonds is 3. The minimum atomic E-state index is -3.84. The summed E-state index contributed by atoms with van der Waals surface area (Å²) < 4.78 is 25.3. The van der Waals surface area contributed by atoms with E-state index in [1.165, 1.54) is 12.1 Å². The second kappa shape index (κ2) is 5.08. The van der Waals surface area contributed by atoms with Crippen molar-refractivity contribution in [3.05, 3.63) is 29.8 Å². The summed E-state index contributed by atoms with van der Waals surface area (Å²) in [5.41, 5.74) is 6.23. The van der Waals surface area contributed by atoms with Gasteiger partial charge in [0.2, 0.25) is 21.8 Å². The van der Waals surface area contributed by atoms with Crippen molar-refractivity contribution in [3.8, 4) is 0 Å². The highest BCUT2D eigenvalue weighted by Gasteiger charge is 2.32. The number of amides is 2. The number of hydrogen-bond donors (Lipinski definition) is 2. The van der Waals surface area contributed by atoms with Gasteiger partial charge in [0.25, 0.3) is 0 Å². The number of nitrogens with two attached hydrogens (primary N) is 1. The Hall–Kier alpha value is -1.77. The lowest BCUT2D eigenvalue weighted by Gasteiger charge is -2.24. The van der Waals surface area contributed by atoms with Gasteiger partial charge in [-0.05, 0) is 17.7 Å². The lowest BCUT2D eigenvalue weighted by Crippen LogP contribution is -2.53. The van der Waals surface area contributed by atoms with Crippen LogP contribution in [0.25, 0.3) is 0 Å². The Balaban J connectivity index is 2.30. The molecule has 0 aromatic heterocycles. The van der Waals surface area contributed by atoms with Crippen molar-refractivity contribution in [3.63, 3.8) is 0 Å². The lowest BCUT2D eigenvalue weighted by atomic mass is 10.2. The van der Waals surface area contributed by atoms with Crippen LogP contribution in [0.3, 0.4) is 0 Å². The topological polar surface area (TPSA) is 110 Å². The third kappa shape index (κ3) is 2.80. The van der Waals surface area contributed by atoms with Crippen molar-refractivity contribution >= 4 is 21.8 Å². The number of hydrogen-bond acceptors (Lipinski definition) is 5. The molecule has 1 aliphatic heterocycles. The Morgan fingerprint density at radius 3 is 2.11 bits per heavy atom. The van der Waals surface area contributed by atoms with Crippen LogP contribution >= 0.6 is 0 Å². The molecular formula is C11H13N3O4S. The van der Waals surface area contributed by atoms with Crippen molar-refractivity contribution in [1.82, 2.24) is 9.62 Å². The monoisotopic (exact) mass is 283 g/mol. The summed E-state index contributed by atoms with van der Waals surface area (Å²) in [5, 5.41) is 2.05. The van der Waals surface area contributed by atoms with Crippen molar-refractivity contribution in [1.29, 1.82) is 0 Å². The molecule has 3 N–H and O–H groups in total. The maximum Gasteiger partial charge on any atom is 0.244 e. The standard InChI is InChI=1S/C11H13N3O4S/c12-5-8-1-3-9(4-2-8)19(17,18)14-6-10(15)13-11(16)7-14/h1-4H,5-7,12H2,(H,13,15,16). The Labute approximate surface area is 110 Å². The van der Waals surface area contributed by atoms with Crippen LogP contribution in [0, 0.1) is 0 Å². The summed E-state index contributed by atoms with van der Waals surface area (Å²) in [6.07, 6.45) is 0. The molecule has 0 aliphatic carbocycles. The molecule has 1 aromatic rings. The molecule has 8 heteroatoms. The Morgan fingerprint density at radius 1 is 1.11 bits per heavy atom. The van der Waals surface area contributed by atoms with E-state index in [0.29, 0.717) is 6.54 Å². The zero-order valence-corrected chi connectivity index (χ0v) is 10.8. The van der Waals surface area contributed by atoms with Gasteiger partial charge in [0.05, 0.1) is 18.0 Å². The van der Waals surface area contributed by atoms with Crippen molar-refractivity contribution in [2.24, 2.45) is 5.73 Å². The minimum Gasteiger partial charge on any atom is -0.326 e. The number of sulfonamides is 1. The molecule has 1 aliphatic rings. The van der Waals surface area contributed by atoms with Gasteiger partial charge in [0, 0.05) is 6.54 Å². The fraction of sp³-hybridized carbons (Fsp3) is 0.273. The first-order valence-corrected chi connectivity index (χ1v) is 6.99. The fourth-order valence-electron chi connectivity index (χ4n) is 1.73. The first-order chi connectivity index (χ1) is 8.93. The minimum absolute atomic E-state index is 0.0344. The van der Waals surface area contributed by atoms with E-state index in [9.17, 15) is 18.0 Å². The number of carbonyl (C=O) groups is 2. The van der Waals surface area contributed by atoms with Gasteiger partial charge in [-0.15, -0.1) is 0 Å². The van der Waals surface area contributed by atoms with Crippen LogP contribution in [0.15, 0.2) is 29.2 Å². The Kier molecular flexibility index (Phi) is 3.65. The van der Waals surface area contributed by atoms with Gasteiger partial charge in [-0.2, -0.15) is 4.31 Å². The van der Waals surface area contributed by atoms with Crippen molar-refractivity contribution < 1.29 is 18.0 Å². The van der Waals surface area contributed by atoms with E-state index < -0.39 is 21.8 Å². The van der Waals surface area contributed by atoms with Crippen LogP contribution in [-0.2, 0) is 26.2 Å². The largest absolute Gasteiger partial charge is 0.326 e. The zero-order valence-electron chi connectivity index (χ0n) is 10.00. The van der Waals surface area contributed by atoms with E-state index in [2.05, 4.69) is 5.32 Å². The van der Waals surface area contributed by atoms with Crippen LogP contribution < -0.4 is 11.1 Å². The summed E-state index contributed by atoms with van der Waals surface area (Å²) in [7, 11) is -3.84. The molecule has 1 saturated heterocycles. The normalized spacial score (nSPS) is 17.3. The van der Waals surface area contributed by atoms with E-state index in [1.54, 1.807) is 12.1 Å². The van der Waals surface area contributed by atoms with Crippen LogP contribution in [0.4, 0.5) is 0 Å². The third-order valence-electron chi connectivity index (χ3n) is 2.72. The number of piperazine rings is 1. The van der Waals surface area contributed by atoms with Crippen molar-refractivity contribution in [2.75, 3.05) is 13.1 Å². The number of benzene rings is 1. The third-order valence-corrected chi connectivity index (χ3v) is 4.52. The molecule has 1 aromatic carbocycles. The molecule has 2 amide bonds. The first kappa shape index (κ1) is 13.7. The van der Waals surface area contributed by atoms with Crippen LogP contribution in [0.1, 0.15) is 5.56 Å². The van der Waals surface area contributed by atoms with Crippen LogP contribution in [-0.4, -0.2) is 37.6 Å². The molecule has 7 nitrogen and oxygen atoms in total. The molecule has 102 valence electrons. The number of nitrogens with one attached hydrogen (secondary N) is 1. The second-order valence-electron chi connectivity index (χ2n) is 4.09. The molecule has 2 rings (SSSR count). The fourth-order valence-corrected chi connectivity index (χ4v) is 3.08. The smallest absolute Gasteiger partial charge is 0.244 e. The number of imide groups is 1. The van der Waals surface area contributed by atoms with Gasteiger partial charge in [-0.25, -0.2) is 8.42 Å². The molecule has 0 unspecified atom stereocenters. The maximum atomic E-state index is 12.2. The summed E-state index contributed by atoms with van der Waals surface area (Å²) in [4.78, 5) is 22.4. The number of nitrogens with zero attached hydrogens (tertiary/aromatic N) is 1. The predicted molar refractivity (Wildman–Crippen MR) is 66.2 cm³/mol. The van der Waals surface area contributed by atoms with Gasteiger partial charge in [0.15, 0.2) is 0 Å². The molecule has 19 heavy (non-hydrogen) atoms. The van der Waals surface area contributed by atoms with Gasteiger partial charge >= 0.3 is 0 Å². The summed E-state index contributed by atoms with van der Waals surface area (Å²) in [5.74, 6) is -1.25. The predicted octanol–water partition coefficient (Wildman–Crippen LogP) is -1.21. The summed E-state index contributed by atoms with van der Waals surface area (Å²) in [6, 6.07) is 6.01. The maximum absolute atomic E-state index is 12.2. The molecule has 1 fully saturated rings. The average Bonchev–Trinajstić information content (AvgIpc) is 2.37. The first-order valence-electron chi connectivity index (χ1n) is 5.55. The highest BCUT2D eigenvalue weighted by molar-refractivity contribution is 7.89. The van der Waals surface area contributed by atoms with Crippen molar-refractivity contribution in [2.45, 2.75) is 11.4 Å². The van der Waals surface area contributed by atoms with E-state index >= 15 is 0 Å². The molecule has 0 spiro atoms. The van der Waals surface area contributed by atoms with Crippen LogP contribution in [0.2, 0.25) is 0 Å². The van der Waals surface area contributed by atoms with Gasteiger partial charge < -0.3 is 5.73 Å². The lowest BCUT2D eigenvalue weighted by molar-refractivity contribution is -0.134. The Bertz CT molecular complexity index is 593.